The van der Waals surface area contributed by atoms with E-state index in [1.165, 1.54) is 19.4 Å². The minimum absolute atomic E-state index is 0.0629. The molecule has 0 aliphatic rings. The zero-order valence-electron chi connectivity index (χ0n) is 14.6. The van der Waals surface area contributed by atoms with E-state index in [4.69, 9.17) is 27.6 Å². The molecule has 0 aliphatic heterocycles. The highest BCUT2D eigenvalue weighted by atomic mass is 35.5. The lowest BCUT2D eigenvalue weighted by atomic mass is 10.1. The monoisotopic (exact) mass is 398 g/mol. The Bertz CT molecular complexity index is 776. The number of nitrogens with zero attached hydrogens (tertiary/aromatic N) is 2. The van der Waals surface area contributed by atoms with Gasteiger partial charge in [0.15, 0.2) is 5.69 Å². The Morgan fingerprint density at radius 3 is 2.69 bits per heavy atom. The first-order chi connectivity index (χ1) is 12.5. The van der Waals surface area contributed by atoms with Crippen LogP contribution in [0.4, 0.5) is 0 Å². The van der Waals surface area contributed by atoms with Crippen molar-refractivity contribution in [2.24, 2.45) is 0 Å². The third-order valence-corrected chi connectivity index (χ3v) is 4.30. The van der Waals surface area contributed by atoms with Crippen LogP contribution in [0, 0.1) is 0 Å². The van der Waals surface area contributed by atoms with Gasteiger partial charge in [0.05, 0.1) is 24.2 Å². The number of ether oxygens (including phenoxy) is 1. The third-order valence-electron chi connectivity index (χ3n) is 3.75. The Balaban J connectivity index is 2.20. The van der Waals surface area contributed by atoms with Crippen molar-refractivity contribution in [1.82, 2.24) is 9.88 Å². The fourth-order valence-electron chi connectivity index (χ4n) is 2.38. The lowest BCUT2D eigenvalue weighted by Gasteiger charge is -2.22. The number of aromatic nitrogens is 1. The number of carbonyl (C=O) groups is 2. The fraction of sp³-hybridized carbons (Fsp3) is 0.389. The van der Waals surface area contributed by atoms with E-state index in [2.05, 4.69) is 16.6 Å². The van der Waals surface area contributed by atoms with Crippen LogP contribution < -0.4 is 0 Å². The van der Waals surface area contributed by atoms with Crippen molar-refractivity contribution in [2.75, 3.05) is 13.7 Å². The summed E-state index contributed by atoms with van der Waals surface area (Å²) >= 11 is 12.1. The van der Waals surface area contributed by atoms with Gasteiger partial charge in [-0.3, -0.25) is 4.79 Å². The van der Waals surface area contributed by atoms with Crippen LogP contribution >= 0.6 is 23.2 Å². The average molecular weight is 399 g/mol. The molecule has 0 fully saturated rings. The van der Waals surface area contributed by atoms with Gasteiger partial charge in [-0.25, -0.2) is 9.78 Å². The molecular weight excluding hydrogens is 379 g/mol. The predicted octanol–water partition coefficient (Wildman–Crippen LogP) is 4.60. The standard InChI is InChI=1S/C18H20Cl2N2O4/c1-3-4-5-8-22(10-16-21-15(11-26-16)18(24)25-2)17(23)13-7-6-12(19)9-14(13)20/h6-7,9,11H,3-5,8,10H2,1-2H3. The van der Waals surface area contributed by atoms with Crippen LogP contribution in [-0.4, -0.2) is 35.4 Å². The maximum Gasteiger partial charge on any atom is 0.360 e. The van der Waals surface area contributed by atoms with Crippen molar-refractivity contribution in [1.29, 1.82) is 0 Å². The van der Waals surface area contributed by atoms with E-state index in [0.29, 0.717) is 17.1 Å². The number of hydrogen-bond donors (Lipinski definition) is 0. The maximum atomic E-state index is 12.9. The largest absolute Gasteiger partial charge is 0.464 e. The van der Waals surface area contributed by atoms with Crippen molar-refractivity contribution in [2.45, 2.75) is 32.7 Å². The smallest absolute Gasteiger partial charge is 0.360 e. The van der Waals surface area contributed by atoms with E-state index in [1.807, 2.05) is 0 Å². The number of oxazole rings is 1. The Hall–Kier alpha value is -2.05. The van der Waals surface area contributed by atoms with E-state index < -0.39 is 5.97 Å². The molecule has 0 bridgehead atoms. The van der Waals surface area contributed by atoms with Crippen LogP contribution in [0.15, 0.2) is 28.9 Å². The molecule has 0 saturated heterocycles. The predicted molar refractivity (Wildman–Crippen MR) is 98.6 cm³/mol. The molecule has 6 nitrogen and oxygen atoms in total. The molecule has 0 N–H and O–H groups in total. The minimum Gasteiger partial charge on any atom is -0.464 e. The lowest BCUT2D eigenvalue weighted by Crippen LogP contribution is -2.32. The van der Waals surface area contributed by atoms with Crippen molar-refractivity contribution < 1.29 is 18.7 Å². The summed E-state index contributed by atoms with van der Waals surface area (Å²) in [6.07, 6.45) is 4.05. The molecule has 1 aromatic carbocycles. The van der Waals surface area contributed by atoms with Gasteiger partial charge in [-0.2, -0.15) is 0 Å². The van der Waals surface area contributed by atoms with Gasteiger partial charge in [-0.15, -0.1) is 0 Å². The van der Waals surface area contributed by atoms with Crippen LogP contribution in [0.1, 0.15) is 52.9 Å². The number of methoxy groups -OCH3 is 1. The van der Waals surface area contributed by atoms with Crippen molar-refractivity contribution in [3.63, 3.8) is 0 Å². The first kappa shape index (κ1) is 20.3. The second kappa shape index (κ2) is 9.59. The van der Waals surface area contributed by atoms with Crippen LogP contribution in [0.5, 0.6) is 0 Å². The highest BCUT2D eigenvalue weighted by Crippen LogP contribution is 2.23. The van der Waals surface area contributed by atoms with E-state index in [-0.39, 0.29) is 29.1 Å². The number of rotatable bonds is 8. The van der Waals surface area contributed by atoms with Gasteiger partial charge in [0, 0.05) is 11.6 Å². The minimum atomic E-state index is -0.593. The molecule has 0 saturated carbocycles. The van der Waals surface area contributed by atoms with Gasteiger partial charge in [0.25, 0.3) is 5.91 Å². The van der Waals surface area contributed by atoms with Gasteiger partial charge in [-0.1, -0.05) is 43.0 Å². The number of unbranched alkanes of at least 4 members (excludes halogenated alkanes) is 2. The number of halogens is 2. The molecule has 2 aromatic rings. The first-order valence-electron chi connectivity index (χ1n) is 8.23. The summed E-state index contributed by atoms with van der Waals surface area (Å²) in [7, 11) is 1.26. The third kappa shape index (κ3) is 5.22. The molecule has 26 heavy (non-hydrogen) atoms. The molecule has 0 aliphatic carbocycles. The van der Waals surface area contributed by atoms with Gasteiger partial charge in [0.1, 0.15) is 6.26 Å². The molecule has 1 amide bonds. The number of benzene rings is 1. The zero-order chi connectivity index (χ0) is 19.1. The number of hydrogen-bond acceptors (Lipinski definition) is 5. The summed E-state index contributed by atoms with van der Waals surface area (Å²) in [5.41, 5.74) is 0.417. The Labute approximate surface area is 162 Å². The second-order valence-electron chi connectivity index (χ2n) is 5.68. The molecule has 0 spiro atoms. The van der Waals surface area contributed by atoms with E-state index >= 15 is 0 Å². The van der Waals surface area contributed by atoms with Gasteiger partial charge in [0.2, 0.25) is 5.89 Å². The number of carbonyl (C=O) groups excluding carboxylic acids is 2. The molecule has 1 aromatic heterocycles. The lowest BCUT2D eigenvalue weighted by molar-refractivity contribution is 0.0594. The molecule has 8 heteroatoms. The normalized spacial score (nSPS) is 10.6. The van der Waals surface area contributed by atoms with Gasteiger partial charge >= 0.3 is 5.97 Å². The summed E-state index contributed by atoms with van der Waals surface area (Å²) < 4.78 is 9.91. The Morgan fingerprint density at radius 1 is 1.27 bits per heavy atom. The average Bonchev–Trinajstić information content (AvgIpc) is 3.08. The van der Waals surface area contributed by atoms with E-state index in [1.54, 1.807) is 17.0 Å². The van der Waals surface area contributed by atoms with E-state index in [0.717, 1.165) is 19.3 Å². The Morgan fingerprint density at radius 2 is 2.04 bits per heavy atom. The molecule has 140 valence electrons. The van der Waals surface area contributed by atoms with Crippen LogP contribution in [0.3, 0.4) is 0 Å². The van der Waals surface area contributed by atoms with Crippen LogP contribution in [0.2, 0.25) is 10.0 Å². The summed E-state index contributed by atoms with van der Waals surface area (Å²) in [4.78, 5) is 30.1. The van der Waals surface area contributed by atoms with Crippen LogP contribution in [0.25, 0.3) is 0 Å². The highest BCUT2D eigenvalue weighted by molar-refractivity contribution is 6.36. The SMILES string of the molecule is CCCCCN(Cc1nc(C(=O)OC)co1)C(=O)c1ccc(Cl)cc1Cl. The molecule has 2 rings (SSSR count). The highest BCUT2D eigenvalue weighted by Gasteiger charge is 2.21. The quantitative estimate of drug-likeness (QED) is 0.479. The summed E-state index contributed by atoms with van der Waals surface area (Å²) in [6.45, 7) is 2.72. The zero-order valence-corrected chi connectivity index (χ0v) is 16.1. The summed E-state index contributed by atoms with van der Waals surface area (Å²) in [5, 5.41) is 0.741. The van der Waals surface area contributed by atoms with Crippen LogP contribution in [-0.2, 0) is 11.3 Å². The summed E-state index contributed by atoms with van der Waals surface area (Å²) in [5.74, 6) is -0.592. The summed E-state index contributed by atoms with van der Waals surface area (Å²) in [6, 6.07) is 4.74. The Kier molecular flexibility index (Phi) is 7.48. The van der Waals surface area contributed by atoms with Gasteiger partial charge < -0.3 is 14.1 Å². The molecular formula is C18H20Cl2N2O4. The first-order valence-corrected chi connectivity index (χ1v) is 8.98. The van der Waals surface area contributed by atoms with Crippen molar-refractivity contribution >= 4 is 35.1 Å². The maximum absolute atomic E-state index is 12.9. The van der Waals surface area contributed by atoms with E-state index in [9.17, 15) is 9.59 Å². The number of esters is 1. The van der Waals surface area contributed by atoms with Crippen molar-refractivity contribution in [3.8, 4) is 0 Å². The van der Waals surface area contributed by atoms with Gasteiger partial charge in [-0.05, 0) is 24.6 Å². The molecule has 1 heterocycles. The molecule has 0 atom stereocenters. The second-order valence-corrected chi connectivity index (χ2v) is 6.52. The van der Waals surface area contributed by atoms with Crippen molar-refractivity contribution in [3.05, 3.63) is 51.7 Å². The molecule has 0 radical (unpaired) electrons. The topological polar surface area (TPSA) is 72.6 Å². The fourth-order valence-corrected chi connectivity index (χ4v) is 2.87. The number of amides is 1. The molecule has 0 unspecified atom stereocenters.